The van der Waals surface area contributed by atoms with E-state index in [9.17, 15) is 0 Å². The molecule has 0 bridgehead atoms. The van der Waals surface area contributed by atoms with Gasteiger partial charge in [-0.2, -0.15) is 0 Å². The zero-order chi connectivity index (χ0) is 2.00. The van der Waals surface area contributed by atoms with Gasteiger partial charge in [0.1, 0.15) is 0 Å². The Hall–Kier alpha value is 1.36. The summed E-state index contributed by atoms with van der Waals surface area (Å²) in [4.78, 5) is 0. The van der Waals surface area contributed by atoms with Crippen molar-refractivity contribution in [3.63, 3.8) is 0 Å². The first-order chi connectivity index (χ1) is 1.00. The molecule has 0 fully saturated rings. The van der Waals surface area contributed by atoms with Crippen LogP contribution in [0.1, 0.15) is 0 Å². The third-order valence-electron chi connectivity index (χ3n) is 0. The van der Waals surface area contributed by atoms with Gasteiger partial charge in [-0.15, -0.1) is 0 Å². The van der Waals surface area contributed by atoms with Crippen molar-refractivity contribution in [3.05, 3.63) is 0 Å². The van der Waals surface area contributed by atoms with Gasteiger partial charge in [-0.25, -0.2) is 5.90 Å². The van der Waals surface area contributed by atoms with Crippen LogP contribution in [-0.2, 0) is 0 Å². The molecule has 0 aromatic rings. The molecule has 0 atom stereocenters. The molecule has 0 aliphatic rings. The summed E-state index contributed by atoms with van der Waals surface area (Å²) >= 11 is 0. The fraction of sp³-hybridized carbons (Fsp3) is 0. The van der Waals surface area contributed by atoms with Crippen LogP contribution in [0.25, 0.3) is 0 Å². The molecular weight excluding hydrogens is 132 g/mol. The fourth-order valence-electron chi connectivity index (χ4n) is 0. The van der Waals surface area contributed by atoms with Crippen molar-refractivity contribution in [2.45, 2.75) is 0 Å². The number of nitrogens with two attached hydrogens (primary N) is 1. The third kappa shape index (κ3) is 10.1. The van der Waals surface area contributed by atoms with Crippen molar-refractivity contribution in [1.82, 2.24) is 6.15 Å². The Kier molecular flexibility index (Phi) is 122. The molecule has 4 heteroatoms. The van der Waals surface area contributed by atoms with Crippen LogP contribution in [0.5, 0.6) is 0 Å². The van der Waals surface area contributed by atoms with Crippen LogP contribution in [0.3, 0.4) is 0 Å². The first kappa shape index (κ1) is 18.3. The Morgan fingerprint density at radius 2 is 1.25 bits per heavy atom. The van der Waals surface area contributed by atoms with Crippen LogP contribution < -0.4 is 12.0 Å². The van der Waals surface area contributed by atoms with E-state index in [0.717, 1.165) is 0 Å². The van der Waals surface area contributed by atoms with E-state index in [-0.39, 0.29) is 51.6 Å². The minimum absolute atomic E-state index is 0. The molecule has 0 aliphatic carbocycles. The van der Waals surface area contributed by atoms with E-state index in [1.54, 1.807) is 0 Å². The molecule has 0 radical (unpaired) electrons. The van der Waals surface area contributed by atoms with Gasteiger partial charge < -0.3 is 11.4 Å². The van der Waals surface area contributed by atoms with Gasteiger partial charge in [-0.05, 0) is 0 Å². The van der Waals surface area contributed by atoms with Crippen molar-refractivity contribution < 1.29 is 5.21 Å². The van der Waals surface area contributed by atoms with E-state index in [4.69, 9.17) is 5.21 Å². The van der Waals surface area contributed by atoms with Gasteiger partial charge in [0.25, 0.3) is 0 Å². The van der Waals surface area contributed by atoms with Crippen LogP contribution in [0, 0.1) is 0 Å². The molecule has 0 heterocycles. The Balaban J connectivity index is -0.00000000500. The Morgan fingerprint density at radius 3 is 1.25 bits per heavy atom. The van der Waals surface area contributed by atoms with Crippen molar-refractivity contribution in [2.24, 2.45) is 5.90 Å². The molecule has 0 aliphatic heterocycles. The predicted molar refractivity (Wildman–Crippen MR) is 19.5 cm³/mol. The molecule has 0 saturated heterocycles. The Labute approximate surface area is 62.0 Å². The predicted octanol–water partition coefficient (Wildman–Crippen LogP) is -1.42. The van der Waals surface area contributed by atoms with Gasteiger partial charge in [-0.1, -0.05) is 0 Å². The molecule has 4 heavy (non-hydrogen) atoms. The van der Waals surface area contributed by atoms with Crippen molar-refractivity contribution in [2.75, 3.05) is 0 Å². The minimum atomic E-state index is 0. The molecule has 0 rings (SSSR count). The zero-order valence-corrected chi connectivity index (χ0v) is 1.73. The summed E-state index contributed by atoms with van der Waals surface area (Å²) in [6.07, 6.45) is 0. The van der Waals surface area contributed by atoms with Crippen LogP contribution in [-0.4, -0.2) is 50.7 Å². The molecular formula is H8N2OSr. The first-order valence-corrected chi connectivity index (χ1v) is 0.258. The molecule has 6 N–H and O–H groups in total. The molecule has 3 nitrogen and oxygen atoms in total. The van der Waals surface area contributed by atoms with Gasteiger partial charge in [-0.3, -0.25) is 0 Å². The quantitative estimate of drug-likeness (QED) is 0.285. The standard InChI is InChI=1S/H3NO.H3N.Sr.2H/c1-2;;;;/h2H,1H2;1H3;;;. The normalized spacial score (nSPS) is 1.50. The monoisotopic (exact) mass is 140 g/mol. The van der Waals surface area contributed by atoms with E-state index in [2.05, 4.69) is 5.90 Å². The number of hydrogen-bond acceptors (Lipinski definition) is 3. The van der Waals surface area contributed by atoms with Gasteiger partial charge in [0.05, 0.1) is 0 Å². The summed E-state index contributed by atoms with van der Waals surface area (Å²) in [6, 6.07) is 0. The van der Waals surface area contributed by atoms with Crippen LogP contribution in [0.4, 0.5) is 0 Å². The molecule has 0 aromatic carbocycles. The number of rotatable bonds is 0. The van der Waals surface area contributed by atoms with Crippen molar-refractivity contribution >= 4 is 45.5 Å². The fourth-order valence-corrected chi connectivity index (χ4v) is 0. The summed E-state index contributed by atoms with van der Waals surface area (Å²) in [5.74, 6) is 3.50. The second-order valence-electron chi connectivity index (χ2n) is 0. The Bertz CT molecular complexity index is 6.00. The van der Waals surface area contributed by atoms with Gasteiger partial charge >= 0.3 is 45.5 Å². The summed E-state index contributed by atoms with van der Waals surface area (Å²) in [5, 5.41) is 6.50. The van der Waals surface area contributed by atoms with Crippen molar-refractivity contribution in [3.8, 4) is 0 Å². The summed E-state index contributed by atoms with van der Waals surface area (Å²) < 4.78 is 0. The van der Waals surface area contributed by atoms with Crippen LogP contribution in [0.15, 0.2) is 0 Å². The summed E-state index contributed by atoms with van der Waals surface area (Å²) in [6.45, 7) is 0. The molecule has 0 saturated carbocycles. The molecule has 0 unspecified atom stereocenters. The number of hydrogen-bond donors (Lipinski definition) is 3. The van der Waals surface area contributed by atoms with E-state index < -0.39 is 0 Å². The van der Waals surface area contributed by atoms with Gasteiger partial charge in [0.2, 0.25) is 0 Å². The summed E-state index contributed by atoms with van der Waals surface area (Å²) in [7, 11) is 0. The van der Waals surface area contributed by atoms with Gasteiger partial charge in [0, 0.05) is 0 Å². The second-order valence-corrected chi connectivity index (χ2v) is 0. The molecule has 26 valence electrons. The van der Waals surface area contributed by atoms with Crippen LogP contribution in [0.2, 0.25) is 0 Å². The molecule has 0 aromatic heterocycles. The summed E-state index contributed by atoms with van der Waals surface area (Å²) in [5.41, 5.74) is 0. The van der Waals surface area contributed by atoms with Crippen LogP contribution >= 0.6 is 0 Å². The Morgan fingerprint density at radius 1 is 1.25 bits per heavy atom. The third-order valence-corrected chi connectivity index (χ3v) is 0. The average Bonchev–Trinajstić information content (AvgIpc) is 1.00. The first-order valence-electron chi connectivity index (χ1n) is 0.258. The van der Waals surface area contributed by atoms with Crippen molar-refractivity contribution in [1.29, 1.82) is 0 Å². The topological polar surface area (TPSA) is 81.2 Å². The van der Waals surface area contributed by atoms with E-state index >= 15 is 0 Å². The average molecular weight is 140 g/mol. The zero-order valence-electron chi connectivity index (χ0n) is 1.73. The second kappa shape index (κ2) is 26.6. The van der Waals surface area contributed by atoms with Gasteiger partial charge in [0.15, 0.2) is 0 Å². The van der Waals surface area contributed by atoms with E-state index in [0.29, 0.717) is 0 Å². The molecule has 0 amide bonds. The van der Waals surface area contributed by atoms with E-state index in [1.165, 1.54) is 0 Å². The maximum atomic E-state index is 6.50. The van der Waals surface area contributed by atoms with E-state index in [1.807, 2.05) is 0 Å². The molecule has 0 spiro atoms. The SMILES string of the molecule is N.NO.[SrH2]. The maximum absolute atomic E-state index is 6.50.